The predicted octanol–water partition coefficient (Wildman–Crippen LogP) is 2.63. The quantitative estimate of drug-likeness (QED) is 0.554. The van der Waals surface area contributed by atoms with Crippen LogP contribution in [0.25, 0.3) is 5.65 Å². The van der Waals surface area contributed by atoms with Crippen molar-refractivity contribution in [3.8, 4) is 5.88 Å². The number of pyridine rings is 2. The standard InChI is InChI=1S/C21H19N5O2/c27-21(18-12-23-19-7-2-4-11-26(18)19)25-13-16-6-5-10-24(16)14-17(15-25)28-20-8-1-3-9-22-20/h1-12,17H,13-15H2/t17-/m1/s1. The molecule has 1 aliphatic rings. The van der Waals surface area contributed by atoms with E-state index in [2.05, 4.69) is 14.5 Å². The van der Waals surface area contributed by atoms with E-state index in [9.17, 15) is 4.79 Å². The minimum atomic E-state index is -0.202. The van der Waals surface area contributed by atoms with Gasteiger partial charge in [-0.05, 0) is 30.3 Å². The van der Waals surface area contributed by atoms with Gasteiger partial charge in [0.05, 0.1) is 25.8 Å². The third-order valence-electron chi connectivity index (χ3n) is 4.95. The van der Waals surface area contributed by atoms with Gasteiger partial charge in [0, 0.05) is 30.4 Å². The summed E-state index contributed by atoms with van der Waals surface area (Å²) in [4.78, 5) is 23.8. The lowest BCUT2D eigenvalue weighted by Crippen LogP contribution is -2.39. The molecule has 0 N–H and O–H groups in total. The van der Waals surface area contributed by atoms with Gasteiger partial charge in [0.25, 0.3) is 5.91 Å². The SMILES string of the molecule is O=C(c1cnc2ccccn12)N1Cc2cccn2C[C@@H](Oc2ccccn2)C1. The van der Waals surface area contributed by atoms with Crippen molar-refractivity contribution in [3.05, 3.63) is 84.7 Å². The van der Waals surface area contributed by atoms with Crippen LogP contribution in [0.15, 0.2) is 73.3 Å². The molecule has 5 heterocycles. The van der Waals surface area contributed by atoms with Gasteiger partial charge in [-0.3, -0.25) is 9.20 Å². The Hall–Kier alpha value is -3.61. The van der Waals surface area contributed by atoms with Crippen molar-refractivity contribution in [1.29, 1.82) is 0 Å². The normalized spacial score (nSPS) is 16.6. The summed E-state index contributed by atoms with van der Waals surface area (Å²) in [5.74, 6) is 0.494. The van der Waals surface area contributed by atoms with Crippen LogP contribution >= 0.6 is 0 Å². The summed E-state index contributed by atoms with van der Waals surface area (Å²) >= 11 is 0. The van der Waals surface area contributed by atoms with Gasteiger partial charge in [0.1, 0.15) is 17.4 Å². The fraction of sp³-hybridized carbons (Fsp3) is 0.190. The number of rotatable bonds is 3. The van der Waals surface area contributed by atoms with E-state index >= 15 is 0 Å². The van der Waals surface area contributed by atoms with Crippen LogP contribution in [-0.4, -0.2) is 42.4 Å². The number of amides is 1. The zero-order valence-corrected chi connectivity index (χ0v) is 15.2. The summed E-state index contributed by atoms with van der Waals surface area (Å²) in [6, 6.07) is 15.3. The first-order valence-corrected chi connectivity index (χ1v) is 9.21. The first-order chi connectivity index (χ1) is 13.8. The Labute approximate surface area is 161 Å². The van der Waals surface area contributed by atoms with E-state index in [1.54, 1.807) is 12.4 Å². The fourth-order valence-corrected chi connectivity index (χ4v) is 3.62. The molecule has 7 heteroatoms. The van der Waals surface area contributed by atoms with Crippen molar-refractivity contribution >= 4 is 11.6 Å². The average molecular weight is 373 g/mol. The third-order valence-corrected chi connectivity index (χ3v) is 4.95. The molecule has 5 rings (SSSR count). The van der Waals surface area contributed by atoms with Crippen LogP contribution in [0.3, 0.4) is 0 Å². The Morgan fingerprint density at radius 3 is 2.82 bits per heavy atom. The number of nitrogens with zero attached hydrogens (tertiary/aromatic N) is 5. The minimum absolute atomic E-state index is 0.0667. The summed E-state index contributed by atoms with van der Waals surface area (Å²) in [6.45, 7) is 1.65. The number of fused-ring (bicyclic) bond motifs is 2. The van der Waals surface area contributed by atoms with E-state index < -0.39 is 0 Å². The molecule has 1 amide bonds. The van der Waals surface area contributed by atoms with E-state index in [1.165, 1.54) is 0 Å². The molecular formula is C21H19N5O2. The summed E-state index contributed by atoms with van der Waals surface area (Å²) in [6.07, 6.45) is 7.02. The number of carbonyl (C=O) groups is 1. The summed E-state index contributed by atoms with van der Waals surface area (Å²) in [5.41, 5.74) is 2.38. The number of hydrogen-bond donors (Lipinski definition) is 0. The van der Waals surface area contributed by atoms with Gasteiger partial charge >= 0.3 is 0 Å². The van der Waals surface area contributed by atoms with Crippen LogP contribution in [0, 0.1) is 0 Å². The maximum Gasteiger partial charge on any atom is 0.272 e. The molecule has 0 spiro atoms. The van der Waals surface area contributed by atoms with Crippen molar-refractivity contribution in [2.75, 3.05) is 6.54 Å². The second-order valence-electron chi connectivity index (χ2n) is 6.82. The largest absolute Gasteiger partial charge is 0.471 e. The Bertz CT molecular complexity index is 1120. The summed E-state index contributed by atoms with van der Waals surface area (Å²) in [5, 5.41) is 0. The van der Waals surface area contributed by atoms with Crippen LogP contribution in [-0.2, 0) is 13.1 Å². The summed E-state index contributed by atoms with van der Waals surface area (Å²) < 4.78 is 10.1. The highest BCUT2D eigenvalue weighted by Gasteiger charge is 2.28. The molecule has 4 aromatic heterocycles. The van der Waals surface area contributed by atoms with Gasteiger partial charge in [0.2, 0.25) is 5.88 Å². The maximum absolute atomic E-state index is 13.3. The topological polar surface area (TPSA) is 64.7 Å². The van der Waals surface area contributed by atoms with Crippen molar-refractivity contribution < 1.29 is 9.53 Å². The lowest BCUT2D eigenvalue weighted by Gasteiger charge is -2.24. The Kier molecular flexibility index (Phi) is 4.05. The van der Waals surface area contributed by atoms with Crippen LogP contribution in [0.5, 0.6) is 5.88 Å². The zero-order chi connectivity index (χ0) is 18.9. The first-order valence-electron chi connectivity index (χ1n) is 9.21. The van der Waals surface area contributed by atoms with Crippen LogP contribution < -0.4 is 4.74 Å². The van der Waals surface area contributed by atoms with Gasteiger partial charge in [-0.15, -0.1) is 0 Å². The lowest BCUT2D eigenvalue weighted by molar-refractivity contribution is 0.0639. The molecule has 0 radical (unpaired) electrons. The van der Waals surface area contributed by atoms with Crippen LogP contribution in [0.4, 0.5) is 0 Å². The highest BCUT2D eigenvalue weighted by Crippen LogP contribution is 2.19. The molecule has 1 atom stereocenters. The number of hydrogen-bond acceptors (Lipinski definition) is 4. The molecule has 0 saturated carbocycles. The van der Waals surface area contributed by atoms with E-state index in [0.717, 1.165) is 11.3 Å². The van der Waals surface area contributed by atoms with E-state index in [-0.39, 0.29) is 12.0 Å². The third kappa shape index (κ3) is 3.00. The molecule has 0 bridgehead atoms. The predicted molar refractivity (Wildman–Crippen MR) is 103 cm³/mol. The van der Waals surface area contributed by atoms with Crippen molar-refractivity contribution in [2.45, 2.75) is 19.2 Å². The Morgan fingerprint density at radius 1 is 1.00 bits per heavy atom. The Morgan fingerprint density at radius 2 is 1.93 bits per heavy atom. The smallest absolute Gasteiger partial charge is 0.272 e. The van der Waals surface area contributed by atoms with Crippen molar-refractivity contribution in [2.24, 2.45) is 0 Å². The second kappa shape index (κ2) is 6.84. The molecule has 0 fully saturated rings. The van der Waals surface area contributed by atoms with E-state index in [0.29, 0.717) is 31.2 Å². The van der Waals surface area contributed by atoms with E-state index in [1.807, 2.05) is 70.2 Å². The first kappa shape index (κ1) is 16.6. The van der Waals surface area contributed by atoms with Crippen molar-refractivity contribution in [1.82, 2.24) is 23.8 Å². The number of ether oxygens (including phenoxy) is 1. The monoisotopic (exact) mass is 373 g/mol. The highest BCUT2D eigenvalue weighted by atomic mass is 16.5. The molecule has 1 aliphatic heterocycles. The number of imidazole rings is 1. The molecule has 28 heavy (non-hydrogen) atoms. The Balaban J connectivity index is 1.47. The van der Waals surface area contributed by atoms with Gasteiger partial charge in [-0.1, -0.05) is 12.1 Å². The van der Waals surface area contributed by atoms with Gasteiger partial charge in [0.15, 0.2) is 0 Å². The fourth-order valence-electron chi connectivity index (χ4n) is 3.62. The lowest BCUT2D eigenvalue weighted by atomic mass is 10.3. The molecule has 0 unspecified atom stereocenters. The van der Waals surface area contributed by atoms with E-state index in [4.69, 9.17) is 4.74 Å². The molecule has 0 aliphatic carbocycles. The highest BCUT2D eigenvalue weighted by molar-refractivity contribution is 5.93. The minimum Gasteiger partial charge on any atom is -0.471 e. The summed E-state index contributed by atoms with van der Waals surface area (Å²) in [7, 11) is 0. The van der Waals surface area contributed by atoms with Crippen LogP contribution in [0.1, 0.15) is 16.2 Å². The second-order valence-corrected chi connectivity index (χ2v) is 6.82. The van der Waals surface area contributed by atoms with Gasteiger partial charge in [-0.25, -0.2) is 9.97 Å². The number of carbonyl (C=O) groups excluding carboxylic acids is 1. The number of aromatic nitrogens is 4. The zero-order valence-electron chi connectivity index (χ0n) is 15.2. The molecule has 0 aromatic carbocycles. The van der Waals surface area contributed by atoms with Gasteiger partial charge in [-0.2, -0.15) is 0 Å². The maximum atomic E-state index is 13.3. The molecule has 7 nitrogen and oxygen atoms in total. The molecule has 140 valence electrons. The molecule has 0 saturated heterocycles. The van der Waals surface area contributed by atoms with Crippen molar-refractivity contribution in [3.63, 3.8) is 0 Å². The average Bonchev–Trinajstić information content (AvgIpc) is 3.31. The molecule has 4 aromatic rings. The van der Waals surface area contributed by atoms with Gasteiger partial charge < -0.3 is 14.2 Å². The molecular weight excluding hydrogens is 354 g/mol. The van der Waals surface area contributed by atoms with Crippen LogP contribution in [0.2, 0.25) is 0 Å².